The van der Waals surface area contributed by atoms with Gasteiger partial charge in [0.2, 0.25) is 0 Å². The number of rotatable bonds is 10. The molecule has 2 atom stereocenters. The summed E-state index contributed by atoms with van der Waals surface area (Å²) in [5, 5.41) is 41.0. The predicted octanol–water partition coefficient (Wildman–Crippen LogP) is 8.08. The highest BCUT2D eigenvalue weighted by Crippen LogP contribution is 2.60. The van der Waals surface area contributed by atoms with E-state index in [1.807, 2.05) is 182 Å². The Bertz CT molecular complexity index is 1870. The normalized spacial score (nSPS) is 19.3. The standard InChI is InChI=1S/C45H42O5/c1-41(2)49-40(44(47,36-25-13-5-14-26-36)37-27-15-6-16-28-37)43(50-41,45(48,38-29-17-7-18-30-38)39-31-19-8-20-32-39)33-42(46,34-21-9-3-10-22-34)35-23-11-4-12-24-35/h3-32,40,46-48H,33H2,1-2H3. The van der Waals surface area contributed by atoms with Gasteiger partial charge in [-0.1, -0.05) is 182 Å². The fourth-order valence-electron chi connectivity index (χ4n) is 7.88. The molecule has 50 heavy (non-hydrogen) atoms. The Morgan fingerprint density at radius 3 is 1.10 bits per heavy atom. The molecule has 1 saturated heterocycles. The van der Waals surface area contributed by atoms with Gasteiger partial charge in [-0.05, 0) is 47.2 Å². The van der Waals surface area contributed by atoms with Crippen LogP contribution < -0.4 is 0 Å². The number of hydrogen-bond donors (Lipinski definition) is 3. The van der Waals surface area contributed by atoms with E-state index in [0.29, 0.717) is 33.4 Å². The molecule has 1 aliphatic rings. The summed E-state index contributed by atoms with van der Waals surface area (Å²) in [5.41, 5.74) is -4.16. The molecule has 1 aliphatic heterocycles. The highest BCUT2D eigenvalue weighted by Gasteiger charge is 2.72. The Morgan fingerprint density at radius 2 is 0.760 bits per heavy atom. The van der Waals surface area contributed by atoms with E-state index in [1.54, 1.807) is 13.8 Å². The Morgan fingerprint density at radius 1 is 0.460 bits per heavy atom. The van der Waals surface area contributed by atoms with Crippen molar-refractivity contribution in [2.24, 2.45) is 0 Å². The second-order valence-electron chi connectivity index (χ2n) is 13.6. The van der Waals surface area contributed by atoms with Crippen LogP contribution in [0.5, 0.6) is 0 Å². The summed E-state index contributed by atoms with van der Waals surface area (Å²) in [7, 11) is 0. The smallest absolute Gasteiger partial charge is 0.164 e. The van der Waals surface area contributed by atoms with Gasteiger partial charge in [0.05, 0.1) is 0 Å². The van der Waals surface area contributed by atoms with Gasteiger partial charge in [0.25, 0.3) is 0 Å². The zero-order chi connectivity index (χ0) is 34.9. The molecule has 5 heteroatoms. The van der Waals surface area contributed by atoms with Crippen LogP contribution in [0.4, 0.5) is 0 Å². The summed E-state index contributed by atoms with van der Waals surface area (Å²) in [6.45, 7) is 3.58. The quantitative estimate of drug-likeness (QED) is 0.138. The lowest BCUT2D eigenvalue weighted by molar-refractivity contribution is -0.226. The summed E-state index contributed by atoms with van der Waals surface area (Å²) in [4.78, 5) is 0. The van der Waals surface area contributed by atoms with Crippen molar-refractivity contribution in [3.05, 3.63) is 215 Å². The minimum absolute atomic E-state index is 0.218. The van der Waals surface area contributed by atoms with Crippen molar-refractivity contribution >= 4 is 0 Å². The third-order valence-corrected chi connectivity index (χ3v) is 10.1. The topological polar surface area (TPSA) is 79.2 Å². The minimum atomic E-state index is -2.00. The van der Waals surface area contributed by atoms with E-state index in [9.17, 15) is 15.3 Å². The summed E-state index contributed by atoms with van der Waals surface area (Å²) in [6, 6.07) is 56.2. The van der Waals surface area contributed by atoms with Gasteiger partial charge in [-0.25, -0.2) is 0 Å². The Kier molecular flexibility index (Phi) is 8.81. The van der Waals surface area contributed by atoms with Crippen molar-refractivity contribution in [2.45, 2.75) is 54.6 Å². The first kappa shape index (κ1) is 33.6. The molecular formula is C45H42O5. The summed E-state index contributed by atoms with van der Waals surface area (Å²) < 4.78 is 14.3. The lowest BCUT2D eigenvalue weighted by atomic mass is 9.59. The van der Waals surface area contributed by atoms with Gasteiger partial charge in [-0.3, -0.25) is 0 Å². The predicted molar refractivity (Wildman–Crippen MR) is 195 cm³/mol. The van der Waals surface area contributed by atoms with Crippen LogP contribution in [0.2, 0.25) is 0 Å². The summed E-state index contributed by atoms with van der Waals surface area (Å²) in [6.07, 6.45) is -1.51. The van der Waals surface area contributed by atoms with Gasteiger partial charge in [-0.15, -0.1) is 0 Å². The maximum absolute atomic E-state index is 14.0. The van der Waals surface area contributed by atoms with Crippen LogP contribution in [-0.4, -0.2) is 32.8 Å². The second-order valence-corrected chi connectivity index (χ2v) is 13.6. The molecule has 0 aromatic heterocycles. The fraction of sp³-hybridized carbons (Fsp3) is 0.200. The van der Waals surface area contributed by atoms with Crippen LogP contribution in [0.15, 0.2) is 182 Å². The first-order valence-electron chi connectivity index (χ1n) is 17.0. The summed E-state index contributed by atoms with van der Waals surface area (Å²) >= 11 is 0. The molecule has 0 bridgehead atoms. The van der Waals surface area contributed by atoms with E-state index in [1.165, 1.54) is 0 Å². The fourth-order valence-corrected chi connectivity index (χ4v) is 7.88. The van der Waals surface area contributed by atoms with Crippen molar-refractivity contribution in [1.82, 2.24) is 0 Å². The van der Waals surface area contributed by atoms with Crippen molar-refractivity contribution < 1.29 is 24.8 Å². The van der Waals surface area contributed by atoms with E-state index in [0.717, 1.165) is 0 Å². The number of ether oxygens (including phenoxy) is 2. The Balaban J connectivity index is 1.63. The van der Waals surface area contributed by atoms with E-state index in [2.05, 4.69) is 0 Å². The number of benzene rings is 6. The average molecular weight is 663 g/mol. The molecule has 1 heterocycles. The highest BCUT2D eigenvalue weighted by atomic mass is 16.8. The molecule has 5 nitrogen and oxygen atoms in total. The SMILES string of the molecule is CC1(C)OC(C(O)(c2ccccc2)c2ccccc2)C(CC(O)(c2ccccc2)c2ccccc2)(C(O)(c2ccccc2)c2ccccc2)O1. The van der Waals surface area contributed by atoms with Gasteiger partial charge in [0.1, 0.15) is 28.5 Å². The lowest BCUT2D eigenvalue weighted by Gasteiger charge is -2.53. The number of aliphatic hydroxyl groups is 3. The van der Waals surface area contributed by atoms with Gasteiger partial charge < -0.3 is 24.8 Å². The third kappa shape index (κ3) is 5.58. The van der Waals surface area contributed by atoms with E-state index < -0.39 is 34.3 Å². The van der Waals surface area contributed by atoms with Crippen molar-refractivity contribution in [2.75, 3.05) is 0 Å². The first-order valence-corrected chi connectivity index (χ1v) is 17.0. The number of hydrogen-bond acceptors (Lipinski definition) is 5. The van der Waals surface area contributed by atoms with Gasteiger partial charge in [-0.2, -0.15) is 0 Å². The monoisotopic (exact) mass is 662 g/mol. The molecule has 1 fully saturated rings. The molecule has 0 amide bonds. The first-order chi connectivity index (χ1) is 24.1. The van der Waals surface area contributed by atoms with Crippen LogP contribution in [0.25, 0.3) is 0 Å². The lowest BCUT2D eigenvalue weighted by Crippen LogP contribution is -2.66. The van der Waals surface area contributed by atoms with E-state index in [-0.39, 0.29) is 6.42 Å². The minimum Gasteiger partial charge on any atom is -0.380 e. The van der Waals surface area contributed by atoms with Gasteiger partial charge >= 0.3 is 0 Å². The summed E-state index contributed by atoms with van der Waals surface area (Å²) in [5.74, 6) is -1.34. The van der Waals surface area contributed by atoms with Crippen LogP contribution in [-0.2, 0) is 26.3 Å². The zero-order valence-electron chi connectivity index (χ0n) is 28.3. The molecule has 0 radical (unpaired) electrons. The van der Waals surface area contributed by atoms with E-state index >= 15 is 0 Å². The van der Waals surface area contributed by atoms with Crippen LogP contribution in [0.3, 0.4) is 0 Å². The molecule has 6 aromatic rings. The van der Waals surface area contributed by atoms with Crippen molar-refractivity contribution in [3.63, 3.8) is 0 Å². The largest absolute Gasteiger partial charge is 0.380 e. The molecule has 0 saturated carbocycles. The molecule has 3 N–H and O–H groups in total. The third-order valence-electron chi connectivity index (χ3n) is 10.1. The van der Waals surface area contributed by atoms with Crippen LogP contribution in [0, 0.1) is 0 Å². The highest BCUT2D eigenvalue weighted by molar-refractivity contribution is 5.48. The Labute approximate surface area is 294 Å². The molecule has 0 spiro atoms. The maximum Gasteiger partial charge on any atom is 0.164 e. The zero-order valence-corrected chi connectivity index (χ0v) is 28.3. The molecule has 7 rings (SSSR count). The van der Waals surface area contributed by atoms with Crippen LogP contribution in [0.1, 0.15) is 53.6 Å². The van der Waals surface area contributed by atoms with Gasteiger partial charge in [0, 0.05) is 6.42 Å². The van der Waals surface area contributed by atoms with Crippen molar-refractivity contribution in [1.29, 1.82) is 0 Å². The maximum atomic E-state index is 14.0. The molecular weight excluding hydrogens is 620 g/mol. The van der Waals surface area contributed by atoms with Gasteiger partial charge in [0.15, 0.2) is 5.79 Å². The van der Waals surface area contributed by atoms with Crippen molar-refractivity contribution in [3.8, 4) is 0 Å². The Hall–Kier alpha value is -4.88. The second kappa shape index (κ2) is 13.1. The molecule has 2 unspecified atom stereocenters. The molecule has 0 aliphatic carbocycles. The average Bonchev–Trinajstić information content (AvgIpc) is 3.47. The molecule has 6 aromatic carbocycles. The molecule has 252 valence electrons. The van der Waals surface area contributed by atoms with Crippen LogP contribution >= 0.6 is 0 Å². The van der Waals surface area contributed by atoms with E-state index in [4.69, 9.17) is 9.47 Å².